The maximum absolute atomic E-state index is 6.14. The van der Waals surface area contributed by atoms with Gasteiger partial charge in [-0.05, 0) is 24.8 Å². The van der Waals surface area contributed by atoms with E-state index in [4.69, 9.17) is 4.74 Å². The van der Waals surface area contributed by atoms with E-state index < -0.39 is 8.80 Å². The number of ether oxygens (including phenoxy) is 1. The Morgan fingerprint density at radius 2 is 2.06 bits per heavy atom. The largest absolute Gasteiger partial charge is 0.374 e. The average molecular weight is 258 g/mol. The molecule has 2 rings (SSSR count). The maximum atomic E-state index is 6.14. The van der Waals surface area contributed by atoms with Crippen LogP contribution in [0.5, 0.6) is 0 Å². The summed E-state index contributed by atoms with van der Waals surface area (Å²) in [7, 11) is -1.08. The Labute approximate surface area is 112 Å². The third-order valence-electron chi connectivity index (χ3n) is 3.81. The van der Waals surface area contributed by atoms with Crippen LogP contribution in [0.3, 0.4) is 0 Å². The van der Waals surface area contributed by atoms with Gasteiger partial charge in [0.25, 0.3) is 0 Å². The third-order valence-corrected chi connectivity index (χ3v) is 6.71. The van der Waals surface area contributed by atoms with Gasteiger partial charge >= 0.3 is 0 Å². The Hall–Kier alpha value is -1.12. The summed E-state index contributed by atoms with van der Waals surface area (Å²) >= 11 is 0. The highest BCUT2D eigenvalue weighted by atomic mass is 28.3. The molecule has 0 amide bonds. The van der Waals surface area contributed by atoms with Crippen LogP contribution in [0.4, 0.5) is 0 Å². The topological polar surface area (TPSA) is 9.23 Å². The molecule has 0 radical (unpaired) electrons. The smallest absolute Gasteiger partial charge is 0.100 e. The lowest BCUT2D eigenvalue weighted by atomic mass is 10.1. The van der Waals surface area contributed by atoms with E-state index in [1.165, 1.54) is 18.4 Å². The van der Waals surface area contributed by atoms with Crippen LogP contribution in [0.1, 0.15) is 24.8 Å². The minimum absolute atomic E-state index is 0.0180. The lowest BCUT2D eigenvalue weighted by Crippen LogP contribution is -2.46. The molecule has 0 aliphatic carbocycles. The summed E-state index contributed by atoms with van der Waals surface area (Å²) in [6.45, 7) is 7.20. The zero-order valence-corrected chi connectivity index (χ0v) is 12.3. The molecule has 2 unspecified atom stereocenters. The van der Waals surface area contributed by atoms with Gasteiger partial charge in [-0.1, -0.05) is 49.0 Å². The lowest BCUT2D eigenvalue weighted by Gasteiger charge is -2.38. The molecule has 1 aromatic carbocycles. The van der Waals surface area contributed by atoms with Crippen molar-refractivity contribution in [2.24, 2.45) is 0 Å². The number of rotatable bonds is 4. The summed E-state index contributed by atoms with van der Waals surface area (Å²) in [5.41, 5.74) is 3.39. The van der Waals surface area contributed by atoms with Crippen LogP contribution in [0.2, 0.25) is 6.55 Å². The van der Waals surface area contributed by atoms with Crippen LogP contribution < -0.4 is 0 Å². The van der Waals surface area contributed by atoms with Gasteiger partial charge in [0, 0.05) is 6.61 Å². The van der Waals surface area contributed by atoms with Crippen LogP contribution >= 0.6 is 0 Å². The lowest BCUT2D eigenvalue weighted by molar-refractivity contribution is 0.0115. The van der Waals surface area contributed by atoms with Crippen molar-refractivity contribution in [2.75, 3.05) is 6.61 Å². The van der Waals surface area contributed by atoms with Crippen LogP contribution in [-0.4, -0.2) is 20.6 Å². The average Bonchev–Trinajstić information content (AvgIpc) is 2.46. The Morgan fingerprint density at radius 3 is 2.67 bits per heavy atom. The first-order valence-electron chi connectivity index (χ1n) is 6.78. The number of hydrogen-bond acceptors (Lipinski definition) is 1. The van der Waals surface area contributed by atoms with Crippen LogP contribution in [0.15, 0.2) is 48.7 Å². The molecule has 1 fully saturated rings. The monoisotopic (exact) mass is 258 g/mol. The molecule has 2 atom stereocenters. The molecular formula is C16H22OSi. The second-order valence-electron chi connectivity index (χ2n) is 5.03. The minimum atomic E-state index is -1.08. The van der Waals surface area contributed by atoms with Gasteiger partial charge in [0.2, 0.25) is 0 Å². The predicted octanol–water partition coefficient (Wildman–Crippen LogP) is 3.76. The summed E-state index contributed by atoms with van der Waals surface area (Å²) in [6, 6.07) is 10.5. The third kappa shape index (κ3) is 3.00. The summed E-state index contributed by atoms with van der Waals surface area (Å²) in [5.74, 6) is 0. The molecule has 0 spiro atoms. The second-order valence-corrected chi connectivity index (χ2v) is 8.05. The number of benzene rings is 1. The predicted molar refractivity (Wildman–Crippen MR) is 81.2 cm³/mol. The second kappa shape index (κ2) is 6.16. The van der Waals surface area contributed by atoms with E-state index in [1.54, 1.807) is 0 Å². The first kappa shape index (κ1) is 13.3. The molecule has 1 heterocycles. The Bertz CT molecular complexity index is 404. The van der Waals surface area contributed by atoms with Crippen molar-refractivity contribution in [3.05, 3.63) is 54.2 Å². The molecule has 18 heavy (non-hydrogen) atoms. The van der Waals surface area contributed by atoms with Gasteiger partial charge in [0.05, 0.1) is 5.22 Å². The van der Waals surface area contributed by atoms with Crippen molar-refractivity contribution < 1.29 is 4.74 Å². The van der Waals surface area contributed by atoms with Crippen molar-refractivity contribution in [3.63, 3.8) is 0 Å². The van der Waals surface area contributed by atoms with E-state index in [-0.39, 0.29) is 5.22 Å². The fourth-order valence-corrected chi connectivity index (χ4v) is 4.32. The first-order chi connectivity index (χ1) is 8.77. The normalized spacial score (nSPS) is 26.1. The highest BCUT2D eigenvalue weighted by Gasteiger charge is 2.35. The summed E-state index contributed by atoms with van der Waals surface area (Å²) in [6.07, 6.45) is 8.11. The zero-order chi connectivity index (χ0) is 12.8. The van der Waals surface area contributed by atoms with Crippen molar-refractivity contribution in [1.29, 1.82) is 0 Å². The molecule has 0 aromatic heterocycles. The molecule has 1 saturated heterocycles. The standard InChI is InChI=1S/C16H22OSi/c1-3-18(2)16(12-7-8-14-17-16)13-11-15-9-5-4-6-10-15/h3-6,9-11,13,18H,1,7-8,12,14H2,2H3. The van der Waals surface area contributed by atoms with E-state index in [0.717, 1.165) is 13.0 Å². The zero-order valence-electron chi connectivity index (χ0n) is 11.1. The molecular weight excluding hydrogens is 236 g/mol. The van der Waals surface area contributed by atoms with E-state index in [9.17, 15) is 0 Å². The molecule has 1 aliphatic rings. The molecule has 1 aliphatic heterocycles. The van der Waals surface area contributed by atoms with Gasteiger partial charge in [-0.15, -0.1) is 12.3 Å². The molecule has 1 aromatic rings. The van der Waals surface area contributed by atoms with E-state index in [2.05, 4.69) is 55.2 Å². The van der Waals surface area contributed by atoms with Crippen molar-refractivity contribution >= 4 is 14.9 Å². The van der Waals surface area contributed by atoms with E-state index in [1.807, 2.05) is 6.07 Å². The Morgan fingerprint density at radius 1 is 1.28 bits per heavy atom. The summed E-state index contributed by atoms with van der Waals surface area (Å²) in [5, 5.41) is -0.0180. The van der Waals surface area contributed by atoms with Crippen LogP contribution in [0.25, 0.3) is 6.08 Å². The van der Waals surface area contributed by atoms with Crippen molar-refractivity contribution in [3.8, 4) is 0 Å². The highest BCUT2D eigenvalue weighted by Crippen LogP contribution is 2.30. The van der Waals surface area contributed by atoms with Gasteiger partial charge in [0.1, 0.15) is 8.80 Å². The van der Waals surface area contributed by atoms with Crippen molar-refractivity contribution in [2.45, 2.75) is 31.0 Å². The van der Waals surface area contributed by atoms with Gasteiger partial charge < -0.3 is 4.74 Å². The Balaban J connectivity index is 2.19. The molecule has 0 bridgehead atoms. The number of hydrogen-bond donors (Lipinski definition) is 0. The molecule has 1 nitrogen and oxygen atoms in total. The van der Waals surface area contributed by atoms with Gasteiger partial charge in [-0.25, -0.2) is 0 Å². The first-order valence-corrected chi connectivity index (χ1v) is 9.17. The van der Waals surface area contributed by atoms with E-state index >= 15 is 0 Å². The molecule has 2 heteroatoms. The van der Waals surface area contributed by atoms with Gasteiger partial charge in [0.15, 0.2) is 0 Å². The summed E-state index contributed by atoms with van der Waals surface area (Å²) < 4.78 is 6.14. The highest BCUT2D eigenvalue weighted by molar-refractivity contribution is 6.66. The van der Waals surface area contributed by atoms with Crippen LogP contribution in [0, 0.1) is 0 Å². The van der Waals surface area contributed by atoms with E-state index in [0.29, 0.717) is 0 Å². The maximum Gasteiger partial charge on any atom is 0.100 e. The molecule has 0 N–H and O–H groups in total. The molecule has 0 saturated carbocycles. The minimum Gasteiger partial charge on any atom is -0.374 e. The van der Waals surface area contributed by atoms with Crippen LogP contribution in [-0.2, 0) is 4.74 Å². The fraction of sp³-hybridized carbons (Fsp3) is 0.375. The quantitative estimate of drug-likeness (QED) is 0.747. The van der Waals surface area contributed by atoms with Gasteiger partial charge in [-0.3, -0.25) is 0 Å². The Kier molecular flexibility index (Phi) is 4.56. The fourth-order valence-electron chi connectivity index (χ4n) is 2.48. The van der Waals surface area contributed by atoms with Crippen molar-refractivity contribution in [1.82, 2.24) is 0 Å². The summed E-state index contributed by atoms with van der Waals surface area (Å²) in [4.78, 5) is 0. The van der Waals surface area contributed by atoms with Gasteiger partial charge in [-0.2, -0.15) is 0 Å². The SMILES string of the molecule is C=C[SiH](C)C1(C=Cc2ccccc2)CCCCO1. The molecule has 96 valence electrons.